The second kappa shape index (κ2) is 6.88. The first kappa shape index (κ1) is 16.7. The van der Waals surface area contributed by atoms with Gasteiger partial charge in [-0.2, -0.15) is 0 Å². The quantitative estimate of drug-likeness (QED) is 0.510. The van der Waals surface area contributed by atoms with Crippen LogP contribution < -0.4 is 0 Å². The van der Waals surface area contributed by atoms with Crippen LogP contribution in [0.15, 0.2) is 11.6 Å². The van der Waals surface area contributed by atoms with Crippen LogP contribution in [-0.4, -0.2) is 36.4 Å². The van der Waals surface area contributed by atoms with Crippen LogP contribution in [-0.2, 0) is 14.3 Å². The van der Waals surface area contributed by atoms with Crippen LogP contribution in [0.4, 0.5) is 0 Å². The third kappa shape index (κ3) is 4.05. The van der Waals surface area contributed by atoms with Crippen LogP contribution in [0.3, 0.4) is 0 Å². The summed E-state index contributed by atoms with van der Waals surface area (Å²) in [4.78, 5) is 37.9. The molecule has 6 heteroatoms. The maximum Gasteiger partial charge on any atom is 0.339 e. The SMILES string of the molecule is COC(=O)c1c(C)[nH]c(C(=O)COC(=O)C=C(C)C)c1C. The molecule has 1 aromatic heterocycles. The normalized spacial score (nSPS) is 9.95. The molecule has 114 valence electrons. The molecule has 1 aromatic rings. The molecule has 0 amide bonds. The molecule has 0 aromatic carbocycles. The maximum absolute atomic E-state index is 12.1. The Morgan fingerprint density at radius 3 is 2.33 bits per heavy atom. The van der Waals surface area contributed by atoms with Gasteiger partial charge >= 0.3 is 11.9 Å². The molecule has 0 unspecified atom stereocenters. The van der Waals surface area contributed by atoms with Gasteiger partial charge in [-0.15, -0.1) is 0 Å². The van der Waals surface area contributed by atoms with E-state index >= 15 is 0 Å². The molecule has 0 bridgehead atoms. The van der Waals surface area contributed by atoms with Crippen molar-refractivity contribution >= 4 is 17.7 Å². The van der Waals surface area contributed by atoms with Crippen LogP contribution in [0.1, 0.15) is 46.0 Å². The number of methoxy groups -OCH3 is 1. The van der Waals surface area contributed by atoms with Gasteiger partial charge in [0.1, 0.15) is 0 Å². The number of aromatic amines is 1. The average molecular weight is 293 g/mol. The Morgan fingerprint density at radius 2 is 1.81 bits per heavy atom. The van der Waals surface area contributed by atoms with E-state index in [1.165, 1.54) is 13.2 Å². The zero-order valence-electron chi connectivity index (χ0n) is 12.8. The summed E-state index contributed by atoms with van der Waals surface area (Å²) in [5.41, 5.74) is 2.39. The fraction of sp³-hybridized carbons (Fsp3) is 0.400. The minimum atomic E-state index is -0.572. The molecule has 0 saturated heterocycles. The summed E-state index contributed by atoms with van der Waals surface area (Å²) in [5, 5.41) is 0. The average Bonchev–Trinajstić information content (AvgIpc) is 2.70. The highest BCUT2D eigenvalue weighted by atomic mass is 16.5. The van der Waals surface area contributed by atoms with E-state index in [1.54, 1.807) is 27.7 Å². The molecule has 1 N–H and O–H groups in total. The number of H-pyrrole nitrogens is 1. The number of ether oxygens (including phenoxy) is 2. The number of carbonyl (C=O) groups is 3. The van der Waals surface area contributed by atoms with Crippen molar-refractivity contribution in [1.82, 2.24) is 4.98 Å². The first-order valence-electron chi connectivity index (χ1n) is 6.40. The van der Waals surface area contributed by atoms with Crippen LogP contribution in [0, 0.1) is 13.8 Å². The maximum atomic E-state index is 12.1. The summed E-state index contributed by atoms with van der Waals surface area (Å²) >= 11 is 0. The van der Waals surface area contributed by atoms with Gasteiger partial charge in [-0.3, -0.25) is 4.79 Å². The highest BCUT2D eigenvalue weighted by Gasteiger charge is 2.22. The Bertz CT molecular complexity index is 606. The first-order valence-corrected chi connectivity index (χ1v) is 6.40. The van der Waals surface area contributed by atoms with Crippen LogP contribution >= 0.6 is 0 Å². The lowest BCUT2D eigenvalue weighted by atomic mass is 10.1. The van der Waals surface area contributed by atoms with Gasteiger partial charge in [0.05, 0.1) is 18.4 Å². The predicted octanol–water partition coefficient (Wildman–Crippen LogP) is 2.11. The minimum absolute atomic E-state index is 0.248. The van der Waals surface area contributed by atoms with Gasteiger partial charge in [-0.25, -0.2) is 9.59 Å². The van der Waals surface area contributed by atoms with Crippen molar-refractivity contribution < 1.29 is 23.9 Å². The third-order valence-corrected chi connectivity index (χ3v) is 2.86. The van der Waals surface area contributed by atoms with Crippen LogP contribution in [0.2, 0.25) is 0 Å². The Balaban J connectivity index is 2.87. The molecule has 0 aliphatic carbocycles. The lowest BCUT2D eigenvalue weighted by molar-refractivity contribution is -0.136. The second-order valence-corrected chi connectivity index (χ2v) is 4.87. The molecule has 21 heavy (non-hydrogen) atoms. The van der Waals surface area contributed by atoms with Crippen molar-refractivity contribution in [2.24, 2.45) is 0 Å². The third-order valence-electron chi connectivity index (χ3n) is 2.86. The molecule has 0 radical (unpaired) electrons. The zero-order chi connectivity index (χ0) is 16.2. The largest absolute Gasteiger partial charge is 0.465 e. The number of aryl methyl sites for hydroxylation is 1. The number of Topliss-reactive ketones (excluding diaryl/α,β-unsaturated/α-hetero) is 1. The summed E-state index contributed by atoms with van der Waals surface area (Å²) in [5.74, 6) is -1.49. The summed E-state index contributed by atoms with van der Waals surface area (Å²) in [7, 11) is 1.27. The summed E-state index contributed by atoms with van der Waals surface area (Å²) in [6.45, 7) is 6.44. The fourth-order valence-corrected chi connectivity index (χ4v) is 1.92. The Morgan fingerprint density at radius 1 is 1.19 bits per heavy atom. The molecule has 0 aliphatic heterocycles. The number of nitrogens with one attached hydrogen (secondary N) is 1. The van der Waals surface area contributed by atoms with Crippen molar-refractivity contribution in [1.29, 1.82) is 0 Å². The first-order chi connectivity index (χ1) is 9.77. The lowest BCUT2D eigenvalue weighted by Gasteiger charge is -2.02. The zero-order valence-corrected chi connectivity index (χ0v) is 12.8. The molecule has 0 saturated carbocycles. The Labute approximate surface area is 123 Å². The molecular formula is C15H19NO5. The summed E-state index contributed by atoms with van der Waals surface area (Å²) in [6.07, 6.45) is 1.31. The van der Waals surface area contributed by atoms with Crippen molar-refractivity contribution in [2.75, 3.05) is 13.7 Å². The van der Waals surface area contributed by atoms with Crippen molar-refractivity contribution in [2.45, 2.75) is 27.7 Å². The van der Waals surface area contributed by atoms with Crippen LogP contribution in [0.25, 0.3) is 0 Å². The predicted molar refractivity (Wildman–Crippen MR) is 76.3 cm³/mol. The van der Waals surface area contributed by atoms with E-state index in [2.05, 4.69) is 9.72 Å². The number of esters is 2. The topological polar surface area (TPSA) is 85.5 Å². The van der Waals surface area contributed by atoms with Gasteiger partial charge in [-0.1, -0.05) is 5.57 Å². The fourth-order valence-electron chi connectivity index (χ4n) is 1.92. The standard InChI is InChI=1S/C15H19NO5/c1-8(2)6-12(18)21-7-11(17)14-9(3)13(10(4)16-14)15(19)20-5/h6,16H,7H2,1-5H3. The molecule has 0 spiro atoms. The van der Waals surface area contributed by atoms with Crippen LogP contribution in [0.5, 0.6) is 0 Å². The number of carbonyl (C=O) groups excluding carboxylic acids is 3. The van der Waals surface area contributed by atoms with E-state index in [4.69, 9.17) is 4.74 Å². The molecule has 0 aliphatic rings. The van der Waals surface area contributed by atoms with Crippen molar-refractivity contribution in [3.63, 3.8) is 0 Å². The molecule has 0 fully saturated rings. The van der Waals surface area contributed by atoms with Gasteiger partial charge in [0, 0.05) is 11.8 Å². The van der Waals surface area contributed by atoms with E-state index in [1.807, 2.05) is 0 Å². The highest BCUT2D eigenvalue weighted by molar-refractivity contribution is 6.02. The number of allylic oxidation sites excluding steroid dienone is 1. The Hall–Kier alpha value is -2.37. The summed E-state index contributed by atoms with van der Waals surface area (Å²) in [6, 6.07) is 0. The smallest absolute Gasteiger partial charge is 0.339 e. The lowest BCUT2D eigenvalue weighted by Crippen LogP contribution is -2.14. The van der Waals surface area contributed by atoms with E-state index < -0.39 is 17.7 Å². The number of aromatic nitrogens is 1. The number of ketones is 1. The van der Waals surface area contributed by atoms with Gasteiger partial charge in [0.2, 0.25) is 5.78 Å². The molecule has 0 atom stereocenters. The van der Waals surface area contributed by atoms with Crippen molar-refractivity contribution in [3.8, 4) is 0 Å². The van der Waals surface area contributed by atoms with E-state index in [0.29, 0.717) is 16.8 Å². The number of rotatable bonds is 5. The monoisotopic (exact) mass is 293 g/mol. The molecule has 6 nitrogen and oxygen atoms in total. The molecule has 1 heterocycles. The van der Waals surface area contributed by atoms with Gasteiger partial charge < -0.3 is 14.5 Å². The van der Waals surface area contributed by atoms with Crippen molar-refractivity contribution in [3.05, 3.63) is 34.2 Å². The van der Waals surface area contributed by atoms with Gasteiger partial charge in [-0.05, 0) is 33.3 Å². The second-order valence-electron chi connectivity index (χ2n) is 4.87. The van der Waals surface area contributed by atoms with Gasteiger partial charge in [0.25, 0.3) is 0 Å². The van der Waals surface area contributed by atoms with E-state index in [-0.39, 0.29) is 12.3 Å². The summed E-state index contributed by atoms with van der Waals surface area (Å²) < 4.78 is 9.53. The minimum Gasteiger partial charge on any atom is -0.465 e. The Kier molecular flexibility index (Phi) is 5.46. The van der Waals surface area contributed by atoms with E-state index in [0.717, 1.165) is 5.57 Å². The highest BCUT2D eigenvalue weighted by Crippen LogP contribution is 2.19. The van der Waals surface area contributed by atoms with E-state index in [9.17, 15) is 14.4 Å². The molecule has 1 rings (SSSR count). The van der Waals surface area contributed by atoms with Gasteiger partial charge in [0.15, 0.2) is 6.61 Å². The molecular weight excluding hydrogens is 274 g/mol. The number of hydrogen-bond donors (Lipinski definition) is 1. The number of hydrogen-bond acceptors (Lipinski definition) is 5.